The Morgan fingerprint density at radius 3 is 2.73 bits per heavy atom. The van der Waals surface area contributed by atoms with Crippen LogP contribution in [0.4, 0.5) is 0 Å². The highest BCUT2D eigenvalue weighted by Gasteiger charge is 2.20. The normalized spacial score (nSPS) is 12.3. The van der Waals surface area contributed by atoms with E-state index in [2.05, 4.69) is 27.9 Å². The zero-order chi connectivity index (χ0) is 18.8. The van der Waals surface area contributed by atoms with Gasteiger partial charge in [0.05, 0.1) is 18.2 Å². The molecule has 26 heavy (non-hydrogen) atoms. The molecule has 0 bridgehead atoms. The maximum atomic E-state index is 12.5. The van der Waals surface area contributed by atoms with Gasteiger partial charge in [0.15, 0.2) is 0 Å². The third-order valence-electron chi connectivity index (χ3n) is 4.32. The van der Waals surface area contributed by atoms with Crippen molar-refractivity contribution in [2.45, 2.75) is 39.8 Å². The zero-order valence-electron chi connectivity index (χ0n) is 14.9. The van der Waals surface area contributed by atoms with Crippen LogP contribution in [0.25, 0.3) is 10.9 Å². The number of amides is 1. The standard InChI is InChI=1S/C19H21N3O3S/c1-4-22-10-13(14-7-5-6-8-15(14)22)9-16(23)20-12(3)18-21-11(2)17(26-18)19(24)25/h5-8,10,12H,4,9H2,1-3H3,(H,20,23)(H,24,25). The Morgan fingerprint density at radius 1 is 1.35 bits per heavy atom. The van der Waals surface area contributed by atoms with E-state index >= 15 is 0 Å². The van der Waals surface area contributed by atoms with Crippen LogP contribution in [0.5, 0.6) is 0 Å². The number of hydrogen-bond donors (Lipinski definition) is 2. The summed E-state index contributed by atoms with van der Waals surface area (Å²) in [6.07, 6.45) is 2.29. The minimum atomic E-state index is -0.989. The van der Waals surface area contributed by atoms with Crippen molar-refractivity contribution in [2.75, 3.05) is 0 Å². The van der Waals surface area contributed by atoms with E-state index in [4.69, 9.17) is 5.11 Å². The molecule has 0 fully saturated rings. The zero-order valence-corrected chi connectivity index (χ0v) is 15.8. The maximum absolute atomic E-state index is 12.5. The number of aryl methyl sites for hydroxylation is 2. The van der Waals surface area contributed by atoms with E-state index in [9.17, 15) is 9.59 Å². The number of thiazole rings is 1. The van der Waals surface area contributed by atoms with Gasteiger partial charge in [-0.25, -0.2) is 9.78 Å². The first kappa shape index (κ1) is 18.1. The highest BCUT2D eigenvalue weighted by molar-refractivity contribution is 7.13. The summed E-state index contributed by atoms with van der Waals surface area (Å²) in [6, 6.07) is 7.70. The molecule has 2 N–H and O–H groups in total. The number of nitrogens with zero attached hydrogens (tertiary/aromatic N) is 2. The van der Waals surface area contributed by atoms with Gasteiger partial charge < -0.3 is 15.0 Å². The van der Waals surface area contributed by atoms with Crippen LogP contribution in [0.3, 0.4) is 0 Å². The van der Waals surface area contributed by atoms with Crippen LogP contribution in [0.1, 0.15) is 45.8 Å². The number of hydrogen-bond acceptors (Lipinski definition) is 4. The summed E-state index contributed by atoms with van der Waals surface area (Å²) in [6.45, 7) is 6.40. The molecule has 0 aliphatic heterocycles. The van der Waals surface area contributed by atoms with Crippen LogP contribution in [0, 0.1) is 6.92 Å². The summed E-state index contributed by atoms with van der Waals surface area (Å²) in [7, 11) is 0. The average Bonchev–Trinajstić information content (AvgIpc) is 3.16. The van der Waals surface area contributed by atoms with E-state index < -0.39 is 5.97 Å². The lowest BCUT2D eigenvalue weighted by atomic mass is 10.1. The summed E-state index contributed by atoms with van der Waals surface area (Å²) in [5.41, 5.74) is 2.57. The maximum Gasteiger partial charge on any atom is 0.347 e. The third kappa shape index (κ3) is 3.48. The molecule has 7 heteroatoms. The first-order valence-corrected chi connectivity index (χ1v) is 9.29. The number of carbonyl (C=O) groups excluding carboxylic acids is 1. The van der Waals surface area contributed by atoms with Gasteiger partial charge in [-0.2, -0.15) is 0 Å². The molecule has 3 rings (SSSR count). The summed E-state index contributed by atoms with van der Waals surface area (Å²) in [5, 5.41) is 13.7. The summed E-state index contributed by atoms with van der Waals surface area (Å²) in [5.74, 6) is -1.10. The number of benzene rings is 1. The Morgan fingerprint density at radius 2 is 2.08 bits per heavy atom. The van der Waals surface area contributed by atoms with Crippen LogP contribution in [-0.4, -0.2) is 26.5 Å². The van der Waals surface area contributed by atoms with Crippen molar-refractivity contribution in [1.82, 2.24) is 14.9 Å². The molecule has 0 saturated carbocycles. The smallest absolute Gasteiger partial charge is 0.347 e. The van der Waals surface area contributed by atoms with Gasteiger partial charge in [0.2, 0.25) is 5.91 Å². The van der Waals surface area contributed by atoms with E-state index in [1.807, 2.05) is 31.3 Å². The van der Waals surface area contributed by atoms with Crippen molar-refractivity contribution >= 4 is 34.1 Å². The second-order valence-corrected chi connectivity index (χ2v) is 7.23. The van der Waals surface area contributed by atoms with Crippen molar-refractivity contribution in [3.63, 3.8) is 0 Å². The van der Waals surface area contributed by atoms with Gasteiger partial charge in [0.1, 0.15) is 9.88 Å². The predicted molar refractivity (Wildman–Crippen MR) is 102 cm³/mol. The first-order valence-electron chi connectivity index (χ1n) is 8.47. The van der Waals surface area contributed by atoms with E-state index in [0.29, 0.717) is 10.7 Å². The largest absolute Gasteiger partial charge is 0.477 e. The summed E-state index contributed by atoms with van der Waals surface area (Å²) < 4.78 is 2.13. The number of carboxylic acids is 1. The Kier molecular flexibility index (Phi) is 5.08. The monoisotopic (exact) mass is 371 g/mol. The van der Waals surface area contributed by atoms with Gasteiger partial charge in [-0.05, 0) is 32.4 Å². The number of carbonyl (C=O) groups is 2. The van der Waals surface area contributed by atoms with E-state index in [1.165, 1.54) is 0 Å². The van der Waals surface area contributed by atoms with Gasteiger partial charge in [-0.15, -0.1) is 11.3 Å². The van der Waals surface area contributed by atoms with E-state index in [1.54, 1.807) is 6.92 Å². The predicted octanol–water partition coefficient (Wildman–Crippen LogP) is 3.54. The highest BCUT2D eigenvalue weighted by Crippen LogP contribution is 2.25. The SMILES string of the molecule is CCn1cc(CC(=O)NC(C)c2nc(C)c(C(=O)O)s2)c2ccccc21. The highest BCUT2D eigenvalue weighted by atomic mass is 32.1. The van der Waals surface area contributed by atoms with Crippen molar-refractivity contribution in [3.05, 3.63) is 51.6 Å². The number of carboxylic acid groups (broad SMARTS) is 1. The van der Waals surface area contributed by atoms with Crippen molar-refractivity contribution < 1.29 is 14.7 Å². The molecule has 1 aromatic carbocycles. The van der Waals surface area contributed by atoms with Crippen molar-refractivity contribution in [2.24, 2.45) is 0 Å². The second kappa shape index (κ2) is 7.29. The topological polar surface area (TPSA) is 84.2 Å². The molecular formula is C19H21N3O3S. The molecule has 2 aromatic heterocycles. The molecule has 2 heterocycles. The number of aromatic carboxylic acids is 1. The number of aromatic nitrogens is 2. The van der Waals surface area contributed by atoms with Crippen LogP contribution in [0.2, 0.25) is 0 Å². The van der Waals surface area contributed by atoms with Gasteiger partial charge in [-0.1, -0.05) is 18.2 Å². The van der Waals surface area contributed by atoms with Gasteiger partial charge in [0.25, 0.3) is 0 Å². The molecular weight excluding hydrogens is 350 g/mol. The Hall–Kier alpha value is -2.67. The molecule has 1 unspecified atom stereocenters. The fraction of sp³-hybridized carbons (Fsp3) is 0.316. The van der Waals surface area contributed by atoms with Gasteiger partial charge in [0, 0.05) is 23.6 Å². The van der Waals surface area contributed by atoms with Crippen molar-refractivity contribution in [1.29, 1.82) is 0 Å². The quantitative estimate of drug-likeness (QED) is 0.694. The second-order valence-electron chi connectivity index (χ2n) is 6.20. The average molecular weight is 371 g/mol. The summed E-state index contributed by atoms with van der Waals surface area (Å²) in [4.78, 5) is 28.2. The number of para-hydroxylation sites is 1. The van der Waals surface area contributed by atoms with Crippen LogP contribution in [-0.2, 0) is 17.8 Å². The lowest BCUT2D eigenvalue weighted by molar-refractivity contribution is -0.121. The molecule has 1 amide bonds. The lowest BCUT2D eigenvalue weighted by Crippen LogP contribution is -2.28. The van der Waals surface area contributed by atoms with E-state index in [0.717, 1.165) is 34.3 Å². The Bertz CT molecular complexity index is 974. The number of fused-ring (bicyclic) bond motifs is 1. The van der Waals surface area contributed by atoms with Gasteiger partial charge in [-0.3, -0.25) is 4.79 Å². The van der Waals surface area contributed by atoms with Crippen LogP contribution in [0.15, 0.2) is 30.5 Å². The Labute approximate surface area is 155 Å². The molecule has 6 nitrogen and oxygen atoms in total. The molecule has 0 spiro atoms. The van der Waals surface area contributed by atoms with Crippen LogP contribution < -0.4 is 5.32 Å². The lowest BCUT2D eigenvalue weighted by Gasteiger charge is -2.11. The molecule has 136 valence electrons. The molecule has 3 aromatic rings. The van der Waals surface area contributed by atoms with E-state index in [-0.39, 0.29) is 23.2 Å². The minimum Gasteiger partial charge on any atom is -0.477 e. The van der Waals surface area contributed by atoms with Crippen LogP contribution >= 0.6 is 11.3 Å². The fourth-order valence-electron chi connectivity index (χ4n) is 3.05. The van der Waals surface area contributed by atoms with Crippen molar-refractivity contribution in [3.8, 4) is 0 Å². The third-order valence-corrected chi connectivity index (χ3v) is 5.65. The minimum absolute atomic E-state index is 0.110. The number of nitrogens with one attached hydrogen (secondary N) is 1. The molecule has 1 atom stereocenters. The molecule has 0 radical (unpaired) electrons. The molecule has 0 aliphatic rings. The molecule has 0 saturated heterocycles. The summed E-state index contributed by atoms with van der Waals surface area (Å²) >= 11 is 1.10. The van der Waals surface area contributed by atoms with Gasteiger partial charge >= 0.3 is 5.97 Å². The number of rotatable bonds is 6. The first-order chi connectivity index (χ1) is 12.4. The molecule has 0 aliphatic carbocycles. The fourth-order valence-corrected chi connectivity index (χ4v) is 3.96. The Balaban J connectivity index is 1.75.